The number of para-hydroxylation sites is 1. The standard InChI is InChI=1S/C46H28O/c1-2-14-29(15-3-1)42-34-20-8-10-22-36(34)44(37-23-11-9-21-35(37)42)38-24-13-27-41-45(38)40-26-12-25-39(46(40)47-41)43-32-18-6-4-16-30(32)28-31-17-5-7-19-33(31)43/h1-28H. The molecule has 0 bridgehead atoms. The fraction of sp³-hybridized carbons (Fsp3) is 0. The van der Waals surface area contributed by atoms with Crippen LogP contribution in [-0.4, -0.2) is 0 Å². The minimum atomic E-state index is 0.898. The van der Waals surface area contributed by atoms with Crippen molar-refractivity contribution in [1.82, 2.24) is 0 Å². The van der Waals surface area contributed by atoms with Gasteiger partial charge in [0, 0.05) is 21.9 Å². The quantitative estimate of drug-likeness (QED) is 0.185. The van der Waals surface area contributed by atoms with Gasteiger partial charge in [-0.05, 0) is 77.5 Å². The van der Waals surface area contributed by atoms with Crippen molar-refractivity contribution >= 4 is 65.0 Å². The third-order valence-electron chi connectivity index (χ3n) is 9.83. The van der Waals surface area contributed by atoms with Gasteiger partial charge in [0.05, 0.1) is 0 Å². The zero-order chi connectivity index (χ0) is 30.9. The maximum atomic E-state index is 6.92. The lowest BCUT2D eigenvalue weighted by molar-refractivity contribution is 0.670. The van der Waals surface area contributed by atoms with E-state index in [0.717, 1.165) is 27.5 Å². The monoisotopic (exact) mass is 596 g/mol. The summed E-state index contributed by atoms with van der Waals surface area (Å²) in [5.41, 5.74) is 9.08. The van der Waals surface area contributed by atoms with Gasteiger partial charge in [0.1, 0.15) is 11.2 Å². The molecule has 0 N–H and O–H groups in total. The number of fused-ring (bicyclic) bond motifs is 7. The van der Waals surface area contributed by atoms with Crippen LogP contribution in [0.15, 0.2) is 174 Å². The third-order valence-corrected chi connectivity index (χ3v) is 9.83. The molecule has 1 heteroatoms. The van der Waals surface area contributed by atoms with Crippen molar-refractivity contribution in [3.05, 3.63) is 170 Å². The lowest BCUT2D eigenvalue weighted by atomic mass is 9.85. The van der Waals surface area contributed by atoms with Crippen LogP contribution in [0.25, 0.3) is 98.4 Å². The van der Waals surface area contributed by atoms with Gasteiger partial charge in [-0.25, -0.2) is 0 Å². The summed E-state index contributed by atoms with van der Waals surface area (Å²) in [6.07, 6.45) is 0. The highest BCUT2D eigenvalue weighted by atomic mass is 16.3. The molecule has 0 unspecified atom stereocenters. The van der Waals surface area contributed by atoms with Gasteiger partial charge >= 0.3 is 0 Å². The molecule has 0 saturated heterocycles. The van der Waals surface area contributed by atoms with Crippen LogP contribution in [0, 0.1) is 0 Å². The SMILES string of the molecule is c1ccc(-c2c3ccccc3c(-c3cccc4oc5c(-c6c7ccccc7cc7ccccc67)cccc5c34)c3ccccc23)cc1. The number of hydrogen-bond donors (Lipinski definition) is 0. The van der Waals surface area contributed by atoms with Crippen LogP contribution < -0.4 is 0 Å². The van der Waals surface area contributed by atoms with Gasteiger partial charge in [0.15, 0.2) is 0 Å². The lowest BCUT2D eigenvalue weighted by Crippen LogP contribution is -1.91. The van der Waals surface area contributed by atoms with E-state index in [4.69, 9.17) is 4.42 Å². The minimum absolute atomic E-state index is 0.898. The van der Waals surface area contributed by atoms with E-state index in [1.165, 1.54) is 70.9 Å². The summed E-state index contributed by atoms with van der Waals surface area (Å²) < 4.78 is 6.92. The van der Waals surface area contributed by atoms with E-state index in [1.54, 1.807) is 0 Å². The first-order valence-electron chi connectivity index (χ1n) is 16.2. The highest BCUT2D eigenvalue weighted by Gasteiger charge is 2.22. The minimum Gasteiger partial charge on any atom is -0.455 e. The molecule has 0 aliphatic rings. The fourth-order valence-electron chi connectivity index (χ4n) is 7.89. The Morgan fingerprint density at radius 1 is 0.319 bits per heavy atom. The molecule has 0 radical (unpaired) electrons. The van der Waals surface area contributed by atoms with Gasteiger partial charge < -0.3 is 4.42 Å². The Bertz CT molecular complexity index is 2730. The van der Waals surface area contributed by atoms with Gasteiger partial charge in [-0.3, -0.25) is 0 Å². The average molecular weight is 597 g/mol. The summed E-state index contributed by atoms with van der Waals surface area (Å²) in [4.78, 5) is 0. The molecule has 0 atom stereocenters. The van der Waals surface area contributed by atoms with Crippen LogP contribution >= 0.6 is 0 Å². The molecule has 0 amide bonds. The summed E-state index contributed by atoms with van der Waals surface area (Å²) in [5, 5.41) is 12.2. The van der Waals surface area contributed by atoms with Gasteiger partial charge in [0.25, 0.3) is 0 Å². The molecule has 1 heterocycles. The van der Waals surface area contributed by atoms with Crippen molar-refractivity contribution in [2.75, 3.05) is 0 Å². The van der Waals surface area contributed by atoms with Crippen LogP contribution in [0.3, 0.4) is 0 Å². The average Bonchev–Trinajstić information content (AvgIpc) is 3.53. The number of furan rings is 1. The van der Waals surface area contributed by atoms with Gasteiger partial charge in [-0.2, -0.15) is 0 Å². The summed E-state index contributed by atoms with van der Waals surface area (Å²) in [5.74, 6) is 0. The first-order valence-corrected chi connectivity index (χ1v) is 16.2. The second-order valence-electron chi connectivity index (χ2n) is 12.4. The van der Waals surface area contributed by atoms with Crippen LogP contribution in [0.5, 0.6) is 0 Å². The summed E-state index contributed by atoms with van der Waals surface area (Å²) in [6, 6.07) is 61.3. The second kappa shape index (κ2) is 10.2. The van der Waals surface area contributed by atoms with E-state index in [1.807, 2.05) is 0 Å². The molecule has 9 aromatic carbocycles. The molecule has 10 rings (SSSR count). The fourth-order valence-corrected chi connectivity index (χ4v) is 7.89. The molecule has 0 saturated carbocycles. The van der Waals surface area contributed by atoms with Crippen molar-refractivity contribution < 1.29 is 4.42 Å². The van der Waals surface area contributed by atoms with Crippen LogP contribution in [-0.2, 0) is 0 Å². The first kappa shape index (κ1) is 26.1. The first-order chi connectivity index (χ1) is 23.3. The Kier molecular flexibility index (Phi) is 5.64. The zero-order valence-corrected chi connectivity index (χ0v) is 25.6. The van der Waals surface area contributed by atoms with E-state index >= 15 is 0 Å². The Morgan fingerprint density at radius 2 is 0.787 bits per heavy atom. The Balaban J connectivity index is 1.33. The smallest absolute Gasteiger partial charge is 0.143 e. The molecule has 1 nitrogen and oxygen atoms in total. The highest BCUT2D eigenvalue weighted by Crippen LogP contribution is 2.48. The zero-order valence-electron chi connectivity index (χ0n) is 25.6. The van der Waals surface area contributed by atoms with Crippen LogP contribution in [0.4, 0.5) is 0 Å². The number of rotatable bonds is 3. The molecule has 10 aromatic rings. The third kappa shape index (κ3) is 3.84. The molecule has 0 fully saturated rings. The van der Waals surface area contributed by atoms with Crippen molar-refractivity contribution in [1.29, 1.82) is 0 Å². The molecule has 0 spiro atoms. The summed E-state index contributed by atoms with van der Waals surface area (Å²) >= 11 is 0. The molecular weight excluding hydrogens is 569 g/mol. The normalized spacial score (nSPS) is 11.8. The van der Waals surface area contributed by atoms with Crippen molar-refractivity contribution in [2.45, 2.75) is 0 Å². The molecule has 1 aromatic heterocycles. The summed E-state index contributed by atoms with van der Waals surface area (Å²) in [7, 11) is 0. The van der Waals surface area contributed by atoms with Crippen molar-refractivity contribution in [3.63, 3.8) is 0 Å². The maximum absolute atomic E-state index is 6.92. The molecular formula is C46H28O. The topological polar surface area (TPSA) is 13.1 Å². The van der Waals surface area contributed by atoms with Crippen LogP contribution in [0.2, 0.25) is 0 Å². The van der Waals surface area contributed by atoms with E-state index in [9.17, 15) is 0 Å². The van der Waals surface area contributed by atoms with Crippen molar-refractivity contribution in [2.24, 2.45) is 0 Å². The Labute approximate surface area is 271 Å². The molecule has 47 heavy (non-hydrogen) atoms. The van der Waals surface area contributed by atoms with E-state index in [2.05, 4.69) is 170 Å². The van der Waals surface area contributed by atoms with Crippen LogP contribution in [0.1, 0.15) is 0 Å². The van der Waals surface area contributed by atoms with Gasteiger partial charge in [-0.1, -0.05) is 158 Å². The van der Waals surface area contributed by atoms with Crippen molar-refractivity contribution in [3.8, 4) is 33.4 Å². The lowest BCUT2D eigenvalue weighted by Gasteiger charge is -2.18. The van der Waals surface area contributed by atoms with Gasteiger partial charge in [0.2, 0.25) is 0 Å². The number of benzene rings is 9. The second-order valence-corrected chi connectivity index (χ2v) is 12.4. The van der Waals surface area contributed by atoms with E-state index in [-0.39, 0.29) is 0 Å². The van der Waals surface area contributed by atoms with Gasteiger partial charge in [-0.15, -0.1) is 0 Å². The highest BCUT2D eigenvalue weighted by molar-refractivity contribution is 6.27. The van der Waals surface area contributed by atoms with E-state index in [0.29, 0.717) is 0 Å². The van der Waals surface area contributed by atoms with E-state index < -0.39 is 0 Å². The molecule has 0 aliphatic carbocycles. The Hall–Kier alpha value is -6.18. The number of hydrogen-bond acceptors (Lipinski definition) is 1. The largest absolute Gasteiger partial charge is 0.455 e. The summed E-state index contributed by atoms with van der Waals surface area (Å²) in [6.45, 7) is 0. The Morgan fingerprint density at radius 3 is 1.43 bits per heavy atom. The predicted molar refractivity (Wildman–Crippen MR) is 200 cm³/mol. The maximum Gasteiger partial charge on any atom is 0.143 e. The molecule has 218 valence electrons. The predicted octanol–water partition coefficient (Wildman–Crippen LogP) is 13.2. The molecule has 0 aliphatic heterocycles.